The van der Waals surface area contributed by atoms with Gasteiger partial charge in [0, 0.05) is 44.3 Å². The average molecular weight is 443 g/mol. The average Bonchev–Trinajstić information content (AvgIpc) is 3.35. The van der Waals surface area contributed by atoms with E-state index in [4.69, 9.17) is 4.52 Å². The molecule has 0 aliphatic rings. The van der Waals surface area contributed by atoms with E-state index in [2.05, 4.69) is 24.4 Å². The molecule has 10 heteroatoms. The smallest absolute Gasteiger partial charge is 0.406 e. The molecule has 0 aliphatic heterocycles. The van der Waals surface area contributed by atoms with Gasteiger partial charge in [0.2, 0.25) is 5.82 Å². The van der Waals surface area contributed by atoms with Gasteiger partial charge in [0.05, 0.1) is 5.56 Å². The van der Waals surface area contributed by atoms with Gasteiger partial charge in [-0.25, -0.2) is 4.98 Å². The second-order valence-corrected chi connectivity index (χ2v) is 7.41. The number of halogens is 3. The highest BCUT2D eigenvalue weighted by molar-refractivity contribution is 5.60. The monoisotopic (exact) mass is 443 g/mol. The van der Waals surface area contributed by atoms with E-state index < -0.39 is 6.36 Å². The molecule has 0 fully saturated rings. The quantitative estimate of drug-likeness (QED) is 0.421. The molecule has 1 aromatic carbocycles. The number of hydrogen-bond donors (Lipinski definition) is 0. The largest absolute Gasteiger partial charge is 0.573 e. The SMILES string of the molecule is Cc1cc(-c2nc(-c3ccc(OC(F)(F)F)cc3)no2)cn1Cc1ccc(N(C)C)nc1. The Balaban J connectivity index is 1.50. The van der Waals surface area contributed by atoms with Crippen LogP contribution in [0.5, 0.6) is 5.75 Å². The van der Waals surface area contributed by atoms with E-state index in [1.165, 1.54) is 24.3 Å². The van der Waals surface area contributed by atoms with Gasteiger partial charge < -0.3 is 18.7 Å². The van der Waals surface area contributed by atoms with E-state index in [-0.39, 0.29) is 11.6 Å². The zero-order valence-electron chi connectivity index (χ0n) is 17.6. The lowest BCUT2D eigenvalue weighted by Crippen LogP contribution is -2.16. The summed E-state index contributed by atoms with van der Waals surface area (Å²) in [6, 6.07) is 11.2. The van der Waals surface area contributed by atoms with Gasteiger partial charge in [-0.1, -0.05) is 11.2 Å². The van der Waals surface area contributed by atoms with E-state index in [1.54, 1.807) is 0 Å². The Labute approximate surface area is 182 Å². The van der Waals surface area contributed by atoms with Crippen LogP contribution in [0.1, 0.15) is 11.3 Å². The number of anilines is 1. The maximum atomic E-state index is 12.3. The third kappa shape index (κ3) is 4.90. The Kier molecular flexibility index (Phi) is 5.60. The van der Waals surface area contributed by atoms with Crippen LogP contribution < -0.4 is 9.64 Å². The summed E-state index contributed by atoms with van der Waals surface area (Å²) in [7, 11) is 3.88. The van der Waals surface area contributed by atoms with Crippen LogP contribution in [0.25, 0.3) is 22.8 Å². The van der Waals surface area contributed by atoms with Crippen LogP contribution in [-0.4, -0.2) is 40.1 Å². The molecule has 7 nitrogen and oxygen atoms in total. The predicted octanol–water partition coefficient (Wildman–Crippen LogP) is 4.92. The van der Waals surface area contributed by atoms with Gasteiger partial charge in [0.15, 0.2) is 0 Å². The fourth-order valence-corrected chi connectivity index (χ4v) is 3.14. The summed E-state index contributed by atoms with van der Waals surface area (Å²) in [6.07, 6.45) is -0.992. The summed E-state index contributed by atoms with van der Waals surface area (Å²) < 4.78 is 48.2. The van der Waals surface area contributed by atoms with Crippen LogP contribution in [0, 0.1) is 6.92 Å². The van der Waals surface area contributed by atoms with Crippen molar-refractivity contribution in [2.75, 3.05) is 19.0 Å². The minimum Gasteiger partial charge on any atom is -0.406 e. The Hall–Kier alpha value is -3.82. The molecular weight excluding hydrogens is 423 g/mol. The zero-order chi connectivity index (χ0) is 22.9. The number of rotatable bonds is 6. The summed E-state index contributed by atoms with van der Waals surface area (Å²) in [5.74, 6) is 1.16. The number of benzene rings is 1. The fraction of sp³-hybridized carbons (Fsp3) is 0.227. The van der Waals surface area contributed by atoms with E-state index in [9.17, 15) is 13.2 Å². The first kappa shape index (κ1) is 21.4. The molecule has 166 valence electrons. The number of aromatic nitrogens is 4. The van der Waals surface area contributed by atoms with Crippen LogP contribution in [0.15, 0.2) is 59.4 Å². The Morgan fingerprint density at radius 3 is 2.44 bits per heavy atom. The molecule has 0 unspecified atom stereocenters. The molecule has 32 heavy (non-hydrogen) atoms. The van der Waals surface area contributed by atoms with Crippen molar-refractivity contribution in [1.29, 1.82) is 0 Å². The zero-order valence-corrected chi connectivity index (χ0v) is 17.6. The first-order valence-corrected chi connectivity index (χ1v) is 9.67. The molecule has 0 N–H and O–H groups in total. The molecule has 0 saturated carbocycles. The van der Waals surface area contributed by atoms with Crippen molar-refractivity contribution in [3.8, 4) is 28.6 Å². The number of alkyl halides is 3. The van der Waals surface area contributed by atoms with Gasteiger partial charge in [-0.3, -0.25) is 0 Å². The van der Waals surface area contributed by atoms with Gasteiger partial charge in [0.1, 0.15) is 11.6 Å². The highest BCUT2D eigenvalue weighted by Gasteiger charge is 2.31. The van der Waals surface area contributed by atoms with E-state index in [0.29, 0.717) is 18.0 Å². The van der Waals surface area contributed by atoms with Crippen molar-refractivity contribution in [3.63, 3.8) is 0 Å². The molecule has 0 atom stereocenters. The van der Waals surface area contributed by atoms with Crippen molar-refractivity contribution in [2.24, 2.45) is 0 Å². The third-order valence-electron chi connectivity index (χ3n) is 4.75. The van der Waals surface area contributed by atoms with Crippen molar-refractivity contribution >= 4 is 5.82 Å². The van der Waals surface area contributed by atoms with Crippen molar-refractivity contribution in [1.82, 2.24) is 19.7 Å². The lowest BCUT2D eigenvalue weighted by atomic mass is 10.2. The maximum Gasteiger partial charge on any atom is 0.573 e. The Bertz CT molecular complexity index is 1200. The molecule has 0 saturated heterocycles. The predicted molar refractivity (Wildman–Crippen MR) is 112 cm³/mol. The van der Waals surface area contributed by atoms with Crippen LogP contribution in [0.2, 0.25) is 0 Å². The second kappa shape index (κ2) is 8.37. The number of pyridine rings is 1. The number of ether oxygens (including phenoxy) is 1. The van der Waals surface area contributed by atoms with E-state index in [0.717, 1.165) is 22.6 Å². The molecule has 0 radical (unpaired) electrons. The lowest BCUT2D eigenvalue weighted by Gasteiger charge is -2.12. The topological polar surface area (TPSA) is 69.2 Å². The summed E-state index contributed by atoms with van der Waals surface area (Å²) in [6.45, 7) is 2.61. The van der Waals surface area contributed by atoms with Gasteiger partial charge >= 0.3 is 6.36 Å². The van der Waals surface area contributed by atoms with Crippen LogP contribution in [0.3, 0.4) is 0 Å². The minimum absolute atomic E-state index is 0.271. The maximum absolute atomic E-state index is 12.3. The van der Waals surface area contributed by atoms with Crippen molar-refractivity contribution < 1.29 is 22.4 Å². The minimum atomic E-state index is -4.74. The van der Waals surface area contributed by atoms with Crippen LogP contribution >= 0.6 is 0 Å². The molecule has 0 aliphatic carbocycles. The van der Waals surface area contributed by atoms with Gasteiger partial charge in [0.25, 0.3) is 5.89 Å². The van der Waals surface area contributed by atoms with Gasteiger partial charge in [-0.15, -0.1) is 13.2 Å². The fourth-order valence-electron chi connectivity index (χ4n) is 3.14. The molecule has 0 spiro atoms. The highest BCUT2D eigenvalue weighted by Crippen LogP contribution is 2.27. The van der Waals surface area contributed by atoms with Crippen molar-refractivity contribution in [2.45, 2.75) is 19.8 Å². The lowest BCUT2D eigenvalue weighted by molar-refractivity contribution is -0.274. The highest BCUT2D eigenvalue weighted by atomic mass is 19.4. The van der Waals surface area contributed by atoms with Gasteiger partial charge in [-0.05, 0) is 48.9 Å². The Morgan fingerprint density at radius 1 is 1.06 bits per heavy atom. The summed E-state index contributed by atoms with van der Waals surface area (Å²) in [5.41, 5.74) is 3.31. The summed E-state index contributed by atoms with van der Waals surface area (Å²) >= 11 is 0. The normalized spacial score (nSPS) is 11.6. The first-order chi connectivity index (χ1) is 15.2. The molecule has 0 amide bonds. The van der Waals surface area contributed by atoms with Crippen LogP contribution in [0.4, 0.5) is 19.0 Å². The van der Waals surface area contributed by atoms with Crippen molar-refractivity contribution in [3.05, 3.63) is 66.1 Å². The molecular formula is C22H20F3N5O2. The van der Waals surface area contributed by atoms with Gasteiger partial charge in [-0.2, -0.15) is 4.98 Å². The Morgan fingerprint density at radius 2 is 1.81 bits per heavy atom. The molecule has 0 bridgehead atoms. The number of nitrogens with zero attached hydrogens (tertiary/aromatic N) is 5. The molecule has 3 aromatic heterocycles. The van der Waals surface area contributed by atoms with Crippen LogP contribution in [-0.2, 0) is 6.54 Å². The molecule has 3 heterocycles. The molecule has 4 rings (SSSR count). The summed E-state index contributed by atoms with van der Waals surface area (Å²) in [4.78, 5) is 10.7. The number of aryl methyl sites for hydroxylation is 1. The second-order valence-electron chi connectivity index (χ2n) is 7.41. The third-order valence-corrected chi connectivity index (χ3v) is 4.75. The van der Waals surface area contributed by atoms with E-state index >= 15 is 0 Å². The summed E-state index contributed by atoms with van der Waals surface area (Å²) in [5, 5.41) is 3.94. The standard InChI is InChI=1S/C22H20F3N5O2/c1-14-10-17(13-30(14)12-15-4-9-19(26-11-15)29(2)3)21-27-20(28-32-21)16-5-7-18(8-6-16)31-22(23,24)25/h4-11,13H,12H2,1-3H3. The molecule has 4 aromatic rings. The first-order valence-electron chi connectivity index (χ1n) is 9.67. The van der Waals surface area contributed by atoms with E-state index in [1.807, 2.05) is 56.5 Å². The number of hydrogen-bond acceptors (Lipinski definition) is 6.